The largest absolute Gasteiger partial charge is 0.444 e. The minimum Gasteiger partial charge on any atom is -0.444 e. The summed E-state index contributed by atoms with van der Waals surface area (Å²) in [6.45, 7) is 6.84. The lowest BCUT2D eigenvalue weighted by Gasteiger charge is -2.33. The molecule has 0 atom stereocenters. The van der Waals surface area contributed by atoms with Gasteiger partial charge in [-0.15, -0.1) is 0 Å². The number of carbonyl (C=O) groups is 1. The Morgan fingerprint density at radius 2 is 1.79 bits per heavy atom. The van der Waals surface area contributed by atoms with Crippen LogP contribution < -0.4 is 0 Å². The molecule has 1 aliphatic rings. The first-order valence-corrected chi connectivity index (χ1v) is 15.4. The monoisotopic (exact) mass is 589 g/mol. The van der Waals surface area contributed by atoms with Crippen LogP contribution in [0.15, 0.2) is 82.2 Å². The standard InChI is InChI=1S/C32H32FN3O5S/c1-32(2,3)41-31(37)35-15-13-21(14-16-35)17-30-34-27-12-9-22(18-29(27)40-30)26-20-36(28-19-23(33)10-11-25(26)28)42(38,39)24-7-5-4-6-8-24/h4-12,18-21H,13-17H2,1-3H3. The Kier molecular flexibility index (Phi) is 7.04. The van der Waals surface area contributed by atoms with Gasteiger partial charge in [0.25, 0.3) is 10.0 Å². The van der Waals surface area contributed by atoms with Crippen LogP contribution in [0.5, 0.6) is 0 Å². The van der Waals surface area contributed by atoms with Crippen molar-refractivity contribution in [2.75, 3.05) is 13.1 Å². The quantitative estimate of drug-likeness (QED) is 0.219. The molecule has 0 N–H and O–H groups in total. The van der Waals surface area contributed by atoms with Crippen molar-refractivity contribution in [1.82, 2.24) is 13.9 Å². The number of halogens is 1. The molecule has 0 spiro atoms. The number of oxazole rings is 1. The van der Waals surface area contributed by atoms with Gasteiger partial charge in [0.1, 0.15) is 16.9 Å². The van der Waals surface area contributed by atoms with Crippen LogP contribution in [0.1, 0.15) is 39.5 Å². The maximum absolute atomic E-state index is 14.3. The van der Waals surface area contributed by atoms with Crippen molar-refractivity contribution >= 4 is 38.1 Å². The van der Waals surface area contributed by atoms with Gasteiger partial charge in [0, 0.05) is 36.7 Å². The Morgan fingerprint density at radius 3 is 2.50 bits per heavy atom. The van der Waals surface area contributed by atoms with Crippen LogP contribution in [-0.2, 0) is 21.2 Å². The van der Waals surface area contributed by atoms with E-state index in [4.69, 9.17) is 9.15 Å². The summed E-state index contributed by atoms with van der Waals surface area (Å²) in [5.74, 6) is 0.422. The molecule has 0 saturated carbocycles. The second-order valence-corrected chi connectivity index (χ2v) is 13.5. The fraction of sp³-hybridized carbons (Fsp3) is 0.312. The van der Waals surface area contributed by atoms with Crippen LogP contribution >= 0.6 is 0 Å². The third-order valence-electron chi connectivity index (χ3n) is 7.51. The topological polar surface area (TPSA) is 94.6 Å². The van der Waals surface area contributed by atoms with Gasteiger partial charge in [-0.05, 0) is 87.6 Å². The number of nitrogens with zero attached hydrogens (tertiary/aromatic N) is 3. The molecule has 3 heterocycles. The van der Waals surface area contributed by atoms with Crippen molar-refractivity contribution in [3.63, 3.8) is 0 Å². The van der Waals surface area contributed by atoms with Gasteiger partial charge in [-0.3, -0.25) is 0 Å². The number of carbonyl (C=O) groups excluding carboxylic acids is 1. The Hall–Kier alpha value is -4.18. The third-order valence-corrected chi connectivity index (χ3v) is 9.19. The number of likely N-dealkylation sites (tertiary alicyclic amines) is 1. The molecule has 6 rings (SSSR count). The van der Waals surface area contributed by atoms with E-state index in [1.165, 1.54) is 30.5 Å². The molecule has 0 radical (unpaired) electrons. The summed E-state index contributed by atoms with van der Waals surface area (Å²) in [7, 11) is -3.96. The number of benzene rings is 3. The maximum Gasteiger partial charge on any atom is 0.410 e. The summed E-state index contributed by atoms with van der Waals surface area (Å²) in [6.07, 6.45) is 3.56. The molecule has 1 saturated heterocycles. The number of amides is 1. The van der Waals surface area contributed by atoms with Gasteiger partial charge < -0.3 is 14.1 Å². The van der Waals surface area contributed by atoms with Gasteiger partial charge in [0.15, 0.2) is 11.5 Å². The Balaban J connectivity index is 1.26. The molecular formula is C32H32FN3O5S. The van der Waals surface area contributed by atoms with E-state index < -0.39 is 21.4 Å². The first-order valence-electron chi connectivity index (χ1n) is 14.0. The van der Waals surface area contributed by atoms with E-state index in [9.17, 15) is 17.6 Å². The van der Waals surface area contributed by atoms with E-state index in [-0.39, 0.29) is 16.5 Å². The molecular weight excluding hydrogens is 557 g/mol. The van der Waals surface area contributed by atoms with E-state index in [2.05, 4.69) is 4.98 Å². The number of fused-ring (bicyclic) bond motifs is 2. The van der Waals surface area contributed by atoms with Crippen molar-refractivity contribution < 1.29 is 26.8 Å². The van der Waals surface area contributed by atoms with Crippen molar-refractivity contribution in [2.45, 2.75) is 50.5 Å². The van der Waals surface area contributed by atoms with Crippen molar-refractivity contribution in [3.05, 3.63) is 84.6 Å². The summed E-state index contributed by atoms with van der Waals surface area (Å²) in [6, 6.07) is 17.8. The molecule has 10 heteroatoms. The normalized spacial score (nSPS) is 15.0. The van der Waals surface area contributed by atoms with E-state index in [0.717, 1.165) is 22.4 Å². The van der Waals surface area contributed by atoms with Crippen molar-refractivity contribution in [3.8, 4) is 11.1 Å². The lowest BCUT2D eigenvalue weighted by Crippen LogP contribution is -2.42. The number of piperidine rings is 1. The highest BCUT2D eigenvalue weighted by molar-refractivity contribution is 7.90. The highest BCUT2D eigenvalue weighted by Gasteiger charge is 2.28. The van der Waals surface area contributed by atoms with Gasteiger partial charge in [-0.25, -0.2) is 26.6 Å². The molecule has 0 aliphatic carbocycles. The van der Waals surface area contributed by atoms with Crippen molar-refractivity contribution in [1.29, 1.82) is 0 Å². The van der Waals surface area contributed by atoms with Gasteiger partial charge >= 0.3 is 6.09 Å². The molecule has 42 heavy (non-hydrogen) atoms. The summed E-state index contributed by atoms with van der Waals surface area (Å²) < 4.78 is 54.1. The second kappa shape index (κ2) is 10.6. The molecule has 8 nitrogen and oxygen atoms in total. The molecule has 1 aliphatic heterocycles. The van der Waals surface area contributed by atoms with Gasteiger partial charge in [-0.2, -0.15) is 0 Å². The summed E-state index contributed by atoms with van der Waals surface area (Å²) in [5, 5.41) is 0.603. The number of aromatic nitrogens is 2. The highest BCUT2D eigenvalue weighted by Crippen LogP contribution is 2.35. The number of rotatable bonds is 5. The van der Waals surface area contributed by atoms with Crippen LogP contribution in [0.25, 0.3) is 33.1 Å². The number of hydrogen-bond acceptors (Lipinski definition) is 6. The fourth-order valence-electron chi connectivity index (χ4n) is 5.43. The van der Waals surface area contributed by atoms with Crippen molar-refractivity contribution in [2.24, 2.45) is 5.92 Å². The van der Waals surface area contributed by atoms with Gasteiger partial charge in [-0.1, -0.05) is 24.3 Å². The molecule has 1 amide bonds. The van der Waals surface area contributed by atoms with Crippen LogP contribution in [0.4, 0.5) is 9.18 Å². The zero-order chi connectivity index (χ0) is 29.6. The fourth-order valence-corrected chi connectivity index (χ4v) is 6.81. The first-order chi connectivity index (χ1) is 20.0. The SMILES string of the molecule is CC(C)(C)OC(=O)N1CCC(Cc2nc3ccc(-c4cn(S(=O)(=O)c5ccccc5)c5cc(F)ccc45)cc3o2)CC1. The molecule has 0 unspecified atom stereocenters. The molecule has 2 aromatic heterocycles. The second-order valence-electron chi connectivity index (χ2n) is 11.7. The van der Waals surface area contributed by atoms with Crippen LogP contribution in [-0.4, -0.2) is 47.1 Å². The van der Waals surface area contributed by atoms with E-state index in [1.54, 1.807) is 29.2 Å². The first kappa shape index (κ1) is 28.0. The van der Waals surface area contributed by atoms with Crippen LogP contribution in [0.2, 0.25) is 0 Å². The molecule has 5 aromatic rings. The lowest BCUT2D eigenvalue weighted by atomic mass is 9.94. The average molecular weight is 590 g/mol. The van der Waals surface area contributed by atoms with Gasteiger partial charge in [0.05, 0.1) is 10.4 Å². The molecule has 3 aromatic carbocycles. The predicted molar refractivity (Wildman–Crippen MR) is 158 cm³/mol. The lowest BCUT2D eigenvalue weighted by molar-refractivity contribution is 0.0182. The zero-order valence-corrected chi connectivity index (χ0v) is 24.5. The highest BCUT2D eigenvalue weighted by atomic mass is 32.2. The minimum atomic E-state index is -3.96. The van der Waals surface area contributed by atoms with Crippen LogP contribution in [0, 0.1) is 11.7 Å². The predicted octanol–water partition coefficient (Wildman–Crippen LogP) is 7.02. The zero-order valence-electron chi connectivity index (χ0n) is 23.7. The number of hydrogen-bond donors (Lipinski definition) is 0. The number of ether oxygens (including phenoxy) is 1. The summed E-state index contributed by atoms with van der Waals surface area (Å²) >= 11 is 0. The third kappa shape index (κ3) is 5.51. The Labute approximate surface area is 243 Å². The molecule has 1 fully saturated rings. The minimum absolute atomic E-state index is 0.116. The summed E-state index contributed by atoms with van der Waals surface area (Å²) in [4.78, 5) is 18.9. The molecule has 0 bridgehead atoms. The smallest absolute Gasteiger partial charge is 0.410 e. The maximum atomic E-state index is 14.3. The van der Waals surface area contributed by atoms with E-state index >= 15 is 0 Å². The van der Waals surface area contributed by atoms with E-state index in [1.807, 2.05) is 39.0 Å². The van der Waals surface area contributed by atoms with Gasteiger partial charge in [0.2, 0.25) is 0 Å². The average Bonchev–Trinajstić information content (AvgIpc) is 3.53. The Bertz CT molecular complexity index is 1880. The molecule has 218 valence electrons. The summed E-state index contributed by atoms with van der Waals surface area (Å²) in [5.41, 5.74) is 2.39. The van der Waals surface area contributed by atoms with E-state index in [0.29, 0.717) is 53.4 Å². The van der Waals surface area contributed by atoms with Crippen LogP contribution in [0.3, 0.4) is 0 Å². The Morgan fingerprint density at radius 1 is 1.05 bits per heavy atom.